The lowest BCUT2D eigenvalue weighted by Gasteiger charge is -2.32. The summed E-state index contributed by atoms with van der Waals surface area (Å²) in [5, 5.41) is 7.06. The molecule has 4 rings (SSSR count). The van der Waals surface area contributed by atoms with E-state index in [1.807, 2.05) is 35.2 Å². The second-order valence-electron chi connectivity index (χ2n) is 7.87. The fourth-order valence-electron chi connectivity index (χ4n) is 3.79. The summed E-state index contributed by atoms with van der Waals surface area (Å²) in [5.74, 6) is 1.44. The van der Waals surface area contributed by atoms with Gasteiger partial charge >= 0.3 is 0 Å². The molecule has 1 saturated heterocycles. The van der Waals surface area contributed by atoms with Crippen LogP contribution in [0.5, 0.6) is 0 Å². The van der Waals surface area contributed by atoms with Crippen molar-refractivity contribution in [2.75, 3.05) is 13.1 Å². The second-order valence-corrected chi connectivity index (χ2v) is 7.87. The lowest BCUT2D eigenvalue weighted by molar-refractivity contribution is -0.132. The van der Waals surface area contributed by atoms with Gasteiger partial charge in [-0.15, -0.1) is 0 Å². The van der Waals surface area contributed by atoms with Gasteiger partial charge in [0, 0.05) is 50.8 Å². The number of carbonyl (C=O) groups is 2. The lowest BCUT2D eigenvalue weighted by Crippen LogP contribution is -2.46. The summed E-state index contributed by atoms with van der Waals surface area (Å²) >= 11 is 0. The Bertz CT molecular complexity index is 1020. The van der Waals surface area contributed by atoms with Crippen molar-refractivity contribution in [2.24, 2.45) is 7.05 Å². The Morgan fingerprint density at radius 1 is 1.16 bits per heavy atom. The highest BCUT2D eigenvalue weighted by molar-refractivity contribution is 5.93. The molecule has 1 aliphatic heterocycles. The van der Waals surface area contributed by atoms with Gasteiger partial charge in [0.05, 0.1) is 18.0 Å². The fourth-order valence-corrected chi connectivity index (χ4v) is 3.79. The number of hydrogen-bond acceptors (Lipinski definition) is 5. The van der Waals surface area contributed by atoms with E-state index in [1.54, 1.807) is 30.3 Å². The number of piperidine rings is 1. The first kappa shape index (κ1) is 20.8. The number of nitrogens with one attached hydrogen (secondary N) is 1. The third kappa shape index (κ3) is 5.39. The molecule has 0 atom stereocenters. The molecule has 31 heavy (non-hydrogen) atoms. The molecule has 1 fully saturated rings. The van der Waals surface area contributed by atoms with Crippen LogP contribution in [-0.4, -0.2) is 50.6 Å². The number of likely N-dealkylation sites (tertiary alicyclic amines) is 1. The zero-order chi connectivity index (χ0) is 21.6. The van der Waals surface area contributed by atoms with Crippen LogP contribution < -0.4 is 5.32 Å². The van der Waals surface area contributed by atoms with Crippen molar-refractivity contribution in [1.29, 1.82) is 0 Å². The molecule has 0 unspecified atom stereocenters. The minimum atomic E-state index is -0.112. The van der Waals surface area contributed by atoms with Crippen molar-refractivity contribution in [3.63, 3.8) is 0 Å². The van der Waals surface area contributed by atoms with Crippen LogP contribution >= 0.6 is 0 Å². The normalized spacial score (nSPS) is 14.5. The van der Waals surface area contributed by atoms with Crippen LogP contribution in [-0.2, 0) is 18.3 Å². The molecule has 0 radical (unpaired) electrons. The summed E-state index contributed by atoms with van der Waals surface area (Å²) in [4.78, 5) is 31.0. The largest absolute Gasteiger partial charge is 0.441 e. The van der Waals surface area contributed by atoms with E-state index >= 15 is 0 Å². The van der Waals surface area contributed by atoms with E-state index in [-0.39, 0.29) is 17.9 Å². The first-order chi connectivity index (χ1) is 15.1. The van der Waals surface area contributed by atoms with Gasteiger partial charge in [-0.1, -0.05) is 30.3 Å². The smallest absolute Gasteiger partial charge is 0.254 e. The minimum absolute atomic E-state index is 0.0838. The molecule has 0 bridgehead atoms. The molecule has 162 valence electrons. The highest BCUT2D eigenvalue weighted by Gasteiger charge is 2.24. The van der Waals surface area contributed by atoms with Crippen molar-refractivity contribution >= 4 is 11.8 Å². The van der Waals surface area contributed by atoms with Crippen LogP contribution in [0, 0.1) is 0 Å². The standard InChI is InChI=1S/C23H27N5O3/c1-27-16-18(14-25-27)23(30)26-19-10-12-28(13-11-19)22(29)9-5-8-21-24-15-20(31-21)17-6-3-2-4-7-17/h2-4,6-7,14-16,19H,5,8-13H2,1H3,(H,26,30). The highest BCUT2D eigenvalue weighted by atomic mass is 16.4. The van der Waals surface area contributed by atoms with E-state index in [4.69, 9.17) is 4.42 Å². The van der Waals surface area contributed by atoms with Gasteiger partial charge in [-0.3, -0.25) is 14.3 Å². The monoisotopic (exact) mass is 421 g/mol. The van der Waals surface area contributed by atoms with Gasteiger partial charge in [-0.05, 0) is 19.3 Å². The molecule has 0 spiro atoms. The number of amides is 2. The van der Waals surface area contributed by atoms with E-state index in [0.29, 0.717) is 43.8 Å². The predicted molar refractivity (Wildman–Crippen MR) is 115 cm³/mol. The summed E-state index contributed by atoms with van der Waals surface area (Å²) in [5.41, 5.74) is 1.55. The first-order valence-electron chi connectivity index (χ1n) is 10.7. The number of aryl methyl sites for hydroxylation is 2. The lowest BCUT2D eigenvalue weighted by atomic mass is 10.0. The molecule has 3 aromatic rings. The summed E-state index contributed by atoms with van der Waals surface area (Å²) in [6.07, 6.45) is 8.32. The molecule has 2 amide bonds. The third-order valence-corrected chi connectivity index (χ3v) is 5.54. The zero-order valence-electron chi connectivity index (χ0n) is 17.7. The van der Waals surface area contributed by atoms with E-state index < -0.39 is 0 Å². The van der Waals surface area contributed by atoms with E-state index in [9.17, 15) is 9.59 Å². The number of nitrogens with zero attached hydrogens (tertiary/aromatic N) is 4. The van der Waals surface area contributed by atoms with E-state index in [1.165, 1.54) is 0 Å². The van der Waals surface area contributed by atoms with E-state index in [2.05, 4.69) is 15.4 Å². The number of benzene rings is 1. The molecule has 1 N–H and O–H groups in total. The van der Waals surface area contributed by atoms with Gasteiger partial charge in [0.25, 0.3) is 5.91 Å². The summed E-state index contributed by atoms with van der Waals surface area (Å²) in [7, 11) is 1.78. The molecular weight excluding hydrogens is 394 g/mol. The average Bonchev–Trinajstić information content (AvgIpc) is 3.44. The Hall–Kier alpha value is -3.42. The second kappa shape index (κ2) is 9.59. The van der Waals surface area contributed by atoms with Crippen LogP contribution in [0.4, 0.5) is 0 Å². The van der Waals surface area contributed by atoms with Crippen LogP contribution in [0.1, 0.15) is 41.9 Å². The maximum absolute atomic E-state index is 12.5. The van der Waals surface area contributed by atoms with Gasteiger partial charge in [0.2, 0.25) is 5.91 Å². The molecule has 8 heteroatoms. The summed E-state index contributed by atoms with van der Waals surface area (Å²) in [6, 6.07) is 9.94. The third-order valence-electron chi connectivity index (χ3n) is 5.54. The Morgan fingerprint density at radius 3 is 2.65 bits per heavy atom. The maximum atomic E-state index is 12.5. The Labute approximate surface area is 181 Å². The van der Waals surface area contributed by atoms with Crippen molar-refractivity contribution in [3.05, 3.63) is 60.4 Å². The first-order valence-corrected chi connectivity index (χ1v) is 10.7. The summed E-state index contributed by atoms with van der Waals surface area (Å²) in [6.45, 7) is 1.32. The SMILES string of the molecule is Cn1cc(C(=O)NC2CCN(C(=O)CCCc3ncc(-c4ccccc4)o3)CC2)cn1. The summed E-state index contributed by atoms with van der Waals surface area (Å²) < 4.78 is 7.41. The molecule has 2 aromatic heterocycles. The Balaban J connectivity index is 1.17. The van der Waals surface area contributed by atoms with Gasteiger partial charge in [0.1, 0.15) is 0 Å². The van der Waals surface area contributed by atoms with E-state index in [0.717, 1.165) is 24.2 Å². The highest BCUT2D eigenvalue weighted by Crippen LogP contribution is 2.21. The molecule has 1 aromatic carbocycles. The van der Waals surface area contributed by atoms with Gasteiger partial charge in [0.15, 0.2) is 11.7 Å². The fraction of sp³-hybridized carbons (Fsp3) is 0.391. The molecule has 0 aliphatic carbocycles. The van der Waals surface area contributed by atoms with Crippen molar-refractivity contribution in [3.8, 4) is 11.3 Å². The van der Waals surface area contributed by atoms with Crippen molar-refractivity contribution in [2.45, 2.75) is 38.1 Å². The molecule has 8 nitrogen and oxygen atoms in total. The molecular formula is C23H27N5O3. The number of oxazole rings is 1. The van der Waals surface area contributed by atoms with Crippen LogP contribution in [0.2, 0.25) is 0 Å². The zero-order valence-corrected chi connectivity index (χ0v) is 17.7. The van der Waals surface area contributed by atoms with Crippen molar-refractivity contribution in [1.82, 2.24) is 25.0 Å². The maximum Gasteiger partial charge on any atom is 0.254 e. The number of aromatic nitrogens is 3. The minimum Gasteiger partial charge on any atom is -0.441 e. The topological polar surface area (TPSA) is 93.3 Å². The average molecular weight is 422 g/mol. The van der Waals surface area contributed by atoms with Crippen LogP contribution in [0.25, 0.3) is 11.3 Å². The molecule has 1 aliphatic rings. The molecule has 0 saturated carbocycles. The van der Waals surface area contributed by atoms with Crippen LogP contribution in [0.15, 0.2) is 53.3 Å². The van der Waals surface area contributed by atoms with Crippen LogP contribution in [0.3, 0.4) is 0 Å². The Morgan fingerprint density at radius 2 is 1.94 bits per heavy atom. The van der Waals surface area contributed by atoms with Gasteiger partial charge in [-0.2, -0.15) is 5.10 Å². The van der Waals surface area contributed by atoms with Gasteiger partial charge < -0.3 is 14.6 Å². The van der Waals surface area contributed by atoms with Crippen molar-refractivity contribution < 1.29 is 14.0 Å². The number of rotatable bonds is 7. The van der Waals surface area contributed by atoms with Gasteiger partial charge in [-0.25, -0.2) is 4.98 Å². The number of hydrogen-bond donors (Lipinski definition) is 1. The Kier molecular flexibility index (Phi) is 6.45. The molecule has 3 heterocycles. The predicted octanol–water partition coefficient (Wildman–Crippen LogP) is 2.82. The number of carbonyl (C=O) groups excluding carboxylic acids is 2. The quantitative estimate of drug-likeness (QED) is 0.633.